The first-order valence-corrected chi connectivity index (χ1v) is 9.31. The molecule has 7 heteroatoms. The lowest BCUT2D eigenvalue weighted by molar-refractivity contribution is 0.0629. The van der Waals surface area contributed by atoms with Crippen LogP contribution in [0.5, 0.6) is 0 Å². The monoisotopic (exact) mass is 355 g/mol. The van der Waals surface area contributed by atoms with E-state index in [1.165, 1.54) is 11.3 Å². The average molecular weight is 355 g/mol. The lowest BCUT2D eigenvalue weighted by Gasteiger charge is -2.34. The maximum Gasteiger partial charge on any atom is 0.265 e. The van der Waals surface area contributed by atoms with Gasteiger partial charge in [0.25, 0.3) is 5.91 Å². The minimum Gasteiger partial charge on any atom is -0.341 e. The number of thiazole rings is 1. The van der Waals surface area contributed by atoms with Gasteiger partial charge in [-0.3, -0.25) is 9.69 Å². The van der Waals surface area contributed by atoms with Gasteiger partial charge in [-0.15, -0.1) is 11.3 Å². The first-order chi connectivity index (χ1) is 12.1. The maximum absolute atomic E-state index is 12.7. The van der Waals surface area contributed by atoms with E-state index in [1.54, 1.807) is 0 Å². The van der Waals surface area contributed by atoms with Crippen molar-refractivity contribution in [3.8, 4) is 0 Å². The van der Waals surface area contributed by atoms with E-state index in [9.17, 15) is 4.79 Å². The Bertz CT molecular complexity index is 874. The number of amides is 1. The predicted octanol–water partition coefficient (Wildman–Crippen LogP) is 2.59. The number of hydrogen-bond donors (Lipinski definition) is 1. The molecule has 4 rings (SSSR count). The number of aryl methyl sites for hydroxylation is 2. The Balaban J connectivity index is 1.38. The van der Waals surface area contributed by atoms with Crippen LogP contribution in [0.3, 0.4) is 0 Å². The molecule has 2 aromatic heterocycles. The summed E-state index contributed by atoms with van der Waals surface area (Å²) in [6.45, 7) is 7.85. The zero-order valence-electron chi connectivity index (χ0n) is 14.5. The van der Waals surface area contributed by atoms with E-state index in [4.69, 9.17) is 0 Å². The molecule has 0 saturated carbocycles. The number of imidazole rings is 1. The van der Waals surface area contributed by atoms with Crippen LogP contribution in [0.25, 0.3) is 11.0 Å². The summed E-state index contributed by atoms with van der Waals surface area (Å²) in [5, 5.41) is 0.948. The van der Waals surface area contributed by atoms with E-state index in [1.807, 2.05) is 43.0 Å². The third-order valence-electron chi connectivity index (χ3n) is 4.57. The quantitative estimate of drug-likeness (QED) is 0.784. The molecule has 0 spiro atoms. The number of hydrogen-bond acceptors (Lipinski definition) is 5. The first kappa shape index (κ1) is 16.2. The zero-order valence-corrected chi connectivity index (χ0v) is 15.3. The molecule has 0 bridgehead atoms. The number of carbonyl (C=O) groups is 1. The number of para-hydroxylation sites is 2. The van der Waals surface area contributed by atoms with Gasteiger partial charge in [0.05, 0.1) is 28.3 Å². The number of benzene rings is 1. The van der Waals surface area contributed by atoms with Crippen LogP contribution >= 0.6 is 11.3 Å². The third-order valence-corrected chi connectivity index (χ3v) is 5.63. The van der Waals surface area contributed by atoms with Crippen molar-refractivity contribution in [3.63, 3.8) is 0 Å². The highest BCUT2D eigenvalue weighted by atomic mass is 32.1. The van der Waals surface area contributed by atoms with Crippen molar-refractivity contribution in [2.24, 2.45) is 0 Å². The topological polar surface area (TPSA) is 65.1 Å². The second-order valence-corrected chi connectivity index (χ2v) is 7.62. The summed E-state index contributed by atoms with van der Waals surface area (Å²) in [7, 11) is 0. The van der Waals surface area contributed by atoms with Crippen LogP contribution in [0.15, 0.2) is 24.3 Å². The SMILES string of the molecule is Cc1nc(C)c(C(=O)N2CCN(Cc3nc4ccccc4[nH]3)CC2)s1. The molecule has 1 aromatic carbocycles. The fraction of sp³-hybridized carbons (Fsp3) is 0.389. The Morgan fingerprint density at radius 2 is 1.92 bits per heavy atom. The molecule has 0 atom stereocenters. The van der Waals surface area contributed by atoms with E-state index in [0.717, 1.165) is 65.2 Å². The molecular weight excluding hydrogens is 334 g/mol. The van der Waals surface area contributed by atoms with Crippen molar-refractivity contribution in [1.29, 1.82) is 0 Å². The Labute approximate surface area is 150 Å². The minimum atomic E-state index is 0.117. The number of piperazine rings is 1. The smallest absolute Gasteiger partial charge is 0.265 e. The van der Waals surface area contributed by atoms with Gasteiger partial charge in [0.15, 0.2) is 0 Å². The number of nitrogens with one attached hydrogen (secondary N) is 1. The maximum atomic E-state index is 12.7. The van der Waals surface area contributed by atoms with Crippen LogP contribution in [0.1, 0.15) is 26.2 Å². The van der Waals surface area contributed by atoms with E-state index in [0.29, 0.717) is 0 Å². The van der Waals surface area contributed by atoms with E-state index in [2.05, 4.69) is 19.9 Å². The normalized spacial score (nSPS) is 15.8. The van der Waals surface area contributed by atoms with Gasteiger partial charge >= 0.3 is 0 Å². The third kappa shape index (κ3) is 3.29. The summed E-state index contributed by atoms with van der Waals surface area (Å²) in [5.41, 5.74) is 2.92. The Morgan fingerprint density at radius 1 is 1.16 bits per heavy atom. The van der Waals surface area contributed by atoms with Crippen LogP contribution in [-0.4, -0.2) is 56.8 Å². The van der Waals surface area contributed by atoms with Gasteiger partial charge in [-0.25, -0.2) is 9.97 Å². The molecule has 0 radical (unpaired) electrons. The van der Waals surface area contributed by atoms with Crippen LogP contribution < -0.4 is 0 Å². The lowest BCUT2D eigenvalue weighted by atomic mass is 10.2. The molecule has 1 aliphatic rings. The standard InChI is InChI=1S/C18H21N5OS/c1-12-17(25-13(2)19-12)18(24)23-9-7-22(8-10-23)11-16-20-14-5-3-4-6-15(14)21-16/h3-6H,7-11H2,1-2H3,(H,20,21). The molecule has 0 unspecified atom stereocenters. The molecule has 1 N–H and O–H groups in total. The minimum absolute atomic E-state index is 0.117. The fourth-order valence-electron chi connectivity index (χ4n) is 3.27. The Morgan fingerprint density at radius 3 is 2.60 bits per heavy atom. The lowest BCUT2D eigenvalue weighted by Crippen LogP contribution is -2.48. The molecule has 1 fully saturated rings. The van der Waals surface area contributed by atoms with Crippen LogP contribution in [-0.2, 0) is 6.54 Å². The molecule has 3 aromatic rings. The summed E-state index contributed by atoms with van der Waals surface area (Å²) in [6, 6.07) is 8.07. The number of rotatable bonds is 3. The highest BCUT2D eigenvalue weighted by Gasteiger charge is 2.25. The molecular formula is C18H21N5OS. The molecule has 3 heterocycles. The fourth-order valence-corrected chi connectivity index (χ4v) is 4.16. The zero-order chi connectivity index (χ0) is 17.4. The number of aromatic amines is 1. The van der Waals surface area contributed by atoms with Crippen LogP contribution in [0.2, 0.25) is 0 Å². The molecule has 1 amide bonds. The van der Waals surface area contributed by atoms with Gasteiger partial charge in [0.2, 0.25) is 0 Å². The van der Waals surface area contributed by atoms with Gasteiger partial charge in [0, 0.05) is 26.2 Å². The van der Waals surface area contributed by atoms with Crippen LogP contribution in [0, 0.1) is 13.8 Å². The number of H-pyrrole nitrogens is 1. The van der Waals surface area contributed by atoms with Gasteiger partial charge in [-0.05, 0) is 26.0 Å². The number of nitrogens with zero attached hydrogens (tertiary/aromatic N) is 4. The largest absolute Gasteiger partial charge is 0.341 e. The predicted molar refractivity (Wildman–Crippen MR) is 98.9 cm³/mol. The van der Waals surface area contributed by atoms with Crippen molar-refractivity contribution >= 4 is 28.3 Å². The summed E-state index contributed by atoms with van der Waals surface area (Å²) < 4.78 is 0. The Kier molecular flexibility index (Phi) is 4.27. The highest BCUT2D eigenvalue weighted by molar-refractivity contribution is 7.13. The van der Waals surface area contributed by atoms with Gasteiger partial charge in [-0.1, -0.05) is 12.1 Å². The van der Waals surface area contributed by atoms with Crippen molar-refractivity contribution < 1.29 is 4.79 Å². The number of carbonyl (C=O) groups excluding carboxylic acids is 1. The molecule has 130 valence electrons. The van der Waals surface area contributed by atoms with E-state index >= 15 is 0 Å². The van der Waals surface area contributed by atoms with Crippen molar-refractivity contribution in [3.05, 3.63) is 45.7 Å². The Hall–Kier alpha value is -2.25. The summed E-state index contributed by atoms with van der Waals surface area (Å²) >= 11 is 1.49. The number of aromatic nitrogens is 3. The van der Waals surface area contributed by atoms with Gasteiger partial charge < -0.3 is 9.88 Å². The second-order valence-electron chi connectivity index (χ2n) is 6.42. The molecule has 6 nitrogen and oxygen atoms in total. The van der Waals surface area contributed by atoms with Gasteiger partial charge in [0.1, 0.15) is 10.7 Å². The summed E-state index contributed by atoms with van der Waals surface area (Å²) in [4.78, 5) is 30.1. The molecule has 25 heavy (non-hydrogen) atoms. The van der Waals surface area contributed by atoms with Crippen molar-refractivity contribution in [2.75, 3.05) is 26.2 Å². The van der Waals surface area contributed by atoms with E-state index < -0.39 is 0 Å². The average Bonchev–Trinajstić information content (AvgIpc) is 3.16. The first-order valence-electron chi connectivity index (χ1n) is 8.49. The number of fused-ring (bicyclic) bond motifs is 1. The van der Waals surface area contributed by atoms with Crippen molar-refractivity contribution in [2.45, 2.75) is 20.4 Å². The van der Waals surface area contributed by atoms with Crippen molar-refractivity contribution in [1.82, 2.24) is 24.8 Å². The molecule has 1 aliphatic heterocycles. The highest BCUT2D eigenvalue weighted by Crippen LogP contribution is 2.20. The molecule has 0 aliphatic carbocycles. The second kappa shape index (κ2) is 6.57. The van der Waals surface area contributed by atoms with E-state index in [-0.39, 0.29) is 5.91 Å². The summed E-state index contributed by atoms with van der Waals surface area (Å²) in [5.74, 6) is 1.10. The summed E-state index contributed by atoms with van der Waals surface area (Å²) in [6.07, 6.45) is 0. The van der Waals surface area contributed by atoms with Crippen LogP contribution in [0.4, 0.5) is 0 Å². The molecule has 1 saturated heterocycles. The van der Waals surface area contributed by atoms with Gasteiger partial charge in [-0.2, -0.15) is 0 Å².